The summed E-state index contributed by atoms with van der Waals surface area (Å²) in [6, 6.07) is 4.26. The van der Waals surface area contributed by atoms with Crippen molar-refractivity contribution in [2.24, 2.45) is 0 Å². The van der Waals surface area contributed by atoms with Crippen molar-refractivity contribution < 1.29 is 4.74 Å². The minimum atomic E-state index is 0.470. The van der Waals surface area contributed by atoms with Gasteiger partial charge in [0, 0.05) is 39.0 Å². The zero-order valence-corrected chi connectivity index (χ0v) is 12.2. The largest absolute Gasteiger partial charge is 0.383 e. The summed E-state index contributed by atoms with van der Waals surface area (Å²) >= 11 is 6.26. The maximum Gasteiger partial charge on any atom is 0.147 e. The van der Waals surface area contributed by atoms with Crippen molar-refractivity contribution in [2.45, 2.75) is 25.3 Å². The van der Waals surface area contributed by atoms with Crippen molar-refractivity contribution >= 4 is 17.4 Å². The molecule has 0 aliphatic carbocycles. The SMILES string of the molecule is COCCNCC1CCCCN1c1ncccc1Cl. The highest BCUT2D eigenvalue weighted by Gasteiger charge is 2.24. The van der Waals surface area contributed by atoms with Crippen LogP contribution in [0.15, 0.2) is 18.3 Å². The van der Waals surface area contributed by atoms with Gasteiger partial charge in [-0.15, -0.1) is 0 Å². The van der Waals surface area contributed by atoms with Crippen molar-refractivity contribution in [1.29, 1.82) is 0 Å². The van der Waals surface area contributed by atoms with E-state index in [1.165, 1.54) is 19.3 Å². The first-order chi connectivity index (χ1) is 9.33. The van der Waals surface area contributed by atoms with Gasteiger partial charge in [-0.2, -0.15) is 0 Å². The Balaban J connectivity index is 1.98. The molecule has 1 atom stereocenters. The number of piperidine rings is 1. The molecule has 0 saturated carbocycles. The molecule has 106 valence electrons. The smallest absolute Gasteiger partial charge is 0.147 e. The molecule has 0 aromatic carbocycles. The molecule has 4 nitrogen and oxygen atoms in total. The first-order valence-electron chi connectivity index (χ1n) is 6.89. The predicted octanol–water partition coefficient (Wildman–Crippen LogP) is 2.33. The van der Waals surface area contributed by atoms with Gasteiger partial charge in [0.15, 0.2) is 0 Å². The van der Waals surface area contributed by atoms with Crippen LogP contribution in [0.1, 0.15) is 19.3 Å². The van der Waals surface area contributed by atoms with E-state index in [4.69, 9.17) is 16.3 Å². The van der Waals surface area contributed by atoms with Crippen molar-refractivity contribution in [3.05, 3.63) is 23.4 Å². The topological polar surface area (TPSA) is 37.4 Å². The molecule has 0 amide bonds. The summed E-state index contributed by atoms with van der Waals surface area (Å²) in [6.45, 7) is 3.62. The predicted molar refractivity (Wildman–Crippen MR) is 79.0 cm³/mol. The van der Waals surface area contributed by atoms with E-state index in [0.29, 0.717) is 6.04 Å². The van der Waals surface area contributed by atoms with E-state index in [9.17, 15) is 0 Å². The molecule has 5 heteroatoms. The van der Waals surface area contributed by atoms with Crippen LogP contribution in [0.25, 0.3) is 0 Å². The van der Waals surface area contributed by atoms with E-state index in [0.717, 1.165) is 37.1 Å². The molecule has 19 heavy (non-hydrogen) atoms. The molecular weight excluding hydrogens is 262 g/mol. The minimum Gasteiger partial charge on any atom is -0.383 e. The van der Waals surface area contributed by atoms with Crippen LogP contribution in [0.2, 0.25) is 5.02 Å². The average molecular weight is 284 g/mol. The van der Waals surface area contributed by atoms with Gasteiger partial charge in [0.25, 0.3) is 0 Å². The highest BCUT2D eigenvalue weighted by atomic mass is 35.5. The number of nitrogens with one attached hydrogen (secondary N) is 1. The van der Waals surface area contributed by atoms with E-state index in [1.54, 1.807) is 7.11 Å². The number of anilines is 1. The summed E-state index contributed by atoms with van der Waals surface area (Å²) in [5.41, 5.74) is 0. The number of pyridine rings is 1. The summed E-state index contributed by atoms with van der Waals surface area (Å²) in [5.74, 6) is 0.919. The summed E-state index contributed by atoms with van der Waals surface area (Å²) in [6.07, 6.45) is 5.48. The fourth-order valence-electron chi connectivity index (χ4n) is 2.52. The van der Waals surface area contributed by atoms with Crippen molar-refractivity contribution in [2.75, 3.05) is 38.3 Å². The van der Waals surface area contributed by atoms with Gasteiger partial charge in [-0.3, -0.25) is 0 Å². The monoisotopic (exact) mass is 283 g/mol. The second-order valence-corrected chi connectivity index (χ2v) is 5.26. The zero-order chi connectivity index (χ0) is 13.5. The number of aromatic nitrogens is 1. The first-order valence-corrected chi connectivity index (χ1v) is 7.27. The Hall–Kier alpha value is -0.840. The maximum atomic E-state index is 6.26. The average Bonchev–Trinajstić information content (AvgIpc) is 2.45. The maximum absolute atomic E-state index is 6.26. The quantitative estimate of drug-likeness (QED) is 0.813. The van der Waals surface area contributed by atoms with Gasteiger partial charge in [0.05, 0.1) is 11.6 Å². The Morgan fingerprint density at radius 2 is 2.42 bits per heavy atom. The second-order valence-electron chi connectivity index (χ2n) is 4.85. The Morgan fingerprint density at radius 3 is 3.21 bits per heavy atom. The molecule has 1 aliphatic rings. The number of ether oxygens (including phenoxy) is 1. The molecule has 1 aromatic heterocycles. The Morgan fingerprint density at radius 1 is 1.53 bits per heavy atom. The van der Waals surface area contributed by atoms with Gasteiger partial charge in [0.2, 0.25) is 0 Å². The lowest BCUT2D eigenvalue weighted by atomic mass is 10.0. The molecule has 0 bridgehead atoms. The number of halogens is 1. The molecule has 2 rings (SSSR count). The number of hydrogen-bond donors (Lipinski definition) is 1. The molecule has 1 fully saturated rings. The standard InChI is InChI=1S/C14H22ClN3O/c1-19-10-8-16-11-12-5-2-3-9-18(12)14-13(15)6-4-7-17-14/h4,6-7,12,16H,2-3,5,8-11H2,1H3. The number of rotatable bonds is 6. The van der Waals surface area contributed by atoms with Gasteiger partial charge in [0.1, 0.15) is 5.82 Å². The Labute approximate surface area is 120 Å². The van der Waals surface area contributed by atoms with Crippen molar-refractivity contribution in [1.82, 2.24) is 10.3 Å². The number of methoxy groups -OCH3 is 1. The fraction of sp³-hybridized carbons (Fsp3) is 0.643. The summed E-state index contributed by atoms with van der Waals surface area (Å²) in [4.78, 5) is 6.78. The molecule has 1 unspecified atom stereocenters. The van der Waals surface area contributed by atoms with Crippen LogP contribution in [-0.2, 0) is 4.74 Å². The molecule has 2 heterocycles. The van der Waals surface area contributed by atoms with E-state index in [1.807, 2.05) is 18.3 Å². The molecule has 0 radical (unpaired) electrons. The van der Waals surface area contributed by atoms with Crippen LogP contribution in [-0.4, -0.2) is 44.4 Å². The number of nitrogens with zero attached hydrogens (tertiary/aromatic N) is 2. The Bertz CT molecular complexity index is 389. The van der Waals surface area contributed by atoms with E-state index in [2.05, 4.69) is 15.2 Å². The van der Waals surface area contributed by atoms with Gasteiger partial charge >= 0.3 is 0 Å². The van der Waals surface area contributed by atoms with Gasteiger partial charge in [-0.05, 0) is 31.4 Å². The molecule has 1 aliphatic heterocycles. The minimum absolute atomic E-state index is 0.470. The third-order valence-corrected chi connectivity index (χ3v) is 3.80. The molecular formula is C14H22ClN3O. The first kappa shape index (κ1) is 14.6. The fourth-order valence-corrected chi connectivity index (χ4v) is 2.75. The molecule has 1 aromatic rings. The van der Waals surface area contributed by atoms with E-state index in [-0.39, 0.29) is 0 Å². The Kier molecular flexibility index (Phi) is 5.89. The van der Waals surface area contributed by atoms with Gasteiger partial charge in [-0.25, -0.2) is 4.98 Å². The lowest BCUT2D eigenvalue weighted by Crippen LogP contribution is -2.46. The summed E-state index contributed by atoms with van der Waals surface area (Å²) in [7, 11) is 1.72. The van der Waals surface area contributed by atoms with E-state index >= 15 is 0 Å². The van der Waals surface area contributed by atoms with Crippen molar-refractivity contribution in [3.63, 3.8) is 0 Å². The van der Waals surface area contributed by atoms with Gasteiger partial charge < -0.3 is 15.0 Å². The van der Waals surface area contributed by atoms with Crippen LogP contribution >= 0.6 is 11.6 Å². The van der Waals surface area contributed by atoms with Gasteiger partial charge in [-0.1, -0.05) is 11.6 Å². The third-order valence-electron chi connectivity index (χ3n) is 3.50. The molecule has 1 saturated heterocycles. The third kappa shape index (κ3) is 4.06. The van der Waals surface area contributed by atoms with Crippen LogP contribution in [0.5, 0.6) is 0 Å². The van der Waals surface area contributed by atoms with Crippen LogP contribution in [0, 0.1) is 0 Å². The highest BCUT2D eigenvalue weighted by molar-refractivity contribution is 6.32. The molecule has 1 N–H and O–H groups in total. The van der Waals surface area contributed by atoms with Crippen LogP contribution in [0.4, 0.5) is 5.82 Å². The normalized spacial score (nSPS) is 19.7. The lowest BCUT2D eigenvalue weighted by Gasteiger charge is -2.37. The molecule has 0 spiro atoms. The van der Waals surface area contributed by atoms with Crippen LogP contribution in [0.3, 0.4) is 0 Å². The summed E-state index contributed by atoms with van der Waals surface area (Å²) < 4.78 is 5.05. The summed E-state index contributed by atoms with van der Waals surface area (Å²) in [5, 5.41) is 4.18. The van der Waals surface area contributed by atoms with Crippen molar-refractivity contribution in [3.8, 4) is 0 Å². The lowest BCUT2D eigenvalue weighted by molar-refractivity contribution is 0.198. The second kappa shape index (κ2) is 7.68. The zero-order valence-electron chi connectivity index (χ0n) is 11.4. The van der Waals surface area contributed by atoms with Crippen LogP contribution < -0.4 is 10.2 Å². The highest BCUT2D eigenvalue weighted by Crippen LogP contribution is 2.28. The van der Waals surface area contributed by atoms with E-state index < -0.39 is 0 Å². The number of hydrogen-bond acceptors (Lipinski definition) is 4.